The first kappa shape index (κ1) is 10.8. The molecular formula is C14H10ClO-. The van der Waals surface area contributed by atoms with Gasteiger partial charge in [-0.05, 0) is 23.3 Å². The number of allylic oxidation sites excluding steroid dienone is 6. The van der Waals surface area contributed by atoms with Gasteiger partial charge in [0.1, 0.15) is 0 Å². The van der Waals surface area contributed by atoms with Crippen LogP contribution in [0.25, 0.3) is 6.08 Å². The van der Waals surface area contributed by atoms with E-state index in [0.717, 1.165) is 5.56 Å². The van der Waals surface area contributed by atoms with Gasteiger partial charge in [-0.3, -0.25) is 0 Å². The molecule has 0 aromatic heterocycles. The molecule has 0 amide bonds. The topological polar surface area (TPSA) is 23.1 Å². The maximum Gasteiger partial charge on any atom is 0.0406 e. The lowest BCUT2D eigenvalue weighted by molar-refractivity contribution is -0.295. The molecule has 0 N–H and O–H groups in total. The predicted octanol–water partition coefficient (Wildman–Crippen LogP) is 3.09. The van der Waals surface area contributed by atoms with Crippen LogP contribution in [-0.4, -0.2) is 0 Å². The Balaban J connectivity index is 2.15. The molecule has 0 radical (unpaired) electrons. The van der Waals surface area contributed by atoms with Crippen LogP contribution in [0, 0.1) is 0 Å². The molecule has 0 saturated heterocycles. The van der Waals surface area contributed by atoms with Crippen molar-refractivity contribution in [3.8, 4) is 0 Å². The molecule has 1 aromatic carbocycles. The Morgan fingerprint density at radius 2 is 1.69 bits per heavy atom. The van der Waals surface area contributed by atoms with Crippen molar-refractivity contribution in [3.05, 3.63) is 76.6 Å². The molecular weight excluding hydrogens is 220 g/mol. The molecule has 1 aliphatic rings. The van der Waals surface area contributed by atoms with Gasteiger partial charge in [0, 0.05) is 5.02 Å². The monoisotopic (exact) mass is 229 g/mol. The SMILES string of the molecule is [O-]C(C=Cc1ccc(Cl)cc1)=C1C=CC=C1. The molecule has 0 fully saturated rings. The van der Waals surface area contributed by atoms with Gasteiger partial charge in [-0.15, -0.1) is 5.76 Å². The minimum absolute atomic E-state index is 0.0138. The average Bonchev–Trinajstić information content (AvgIpc) is 2.81. The smallest absolute Gasteiger partial charge is 0.0406 e. The van der Waals surface area contributed by atoms with E-state index in [1.54, 1.807) is 36.4 Å². The zero-order valence-corrected chi connectivity index (χ0v) is 9.32. The van der Waals surface area contributed by atoms with Crippen molar-refractivity contribution < 1.29 is 5.11 Å². The van der Waals surface area contributed by atoms with Crippen molar-refractivity contribution in [2.24, 2.45) is 0 Å². The zero-order chi connectivity index (χ0) is 11.4. The fraction of sp³-hybridized carbons (Fsp3) is 0. The lowest BCUT2D eigenvalue weighted by atomic mass is 10.2. The van der Waals surface area contributed by atoms with Crippen molar-refractivity contribution in [2.45, 2.75) is 0 Å². The summed E-state index contributed by atoms with van der Waals surface area (Å²) in [6.07, 6.45) is 10.7. The molecule has 1 aromatic rings. The Kier molecular flexibility index (Phi) is 3.28. The minimum Gasteiger partial charge on any atom is -0.872 e. The second kappa shape index (κ2) is 4.86. The van der Waals surface area contributed by atoms with Crippen molar-refractivity contribution in [1.82, 2.24) is 0 Å². The van der Waals surface area contributed by atoms with Gasteiger partial charge in [0.15, 0.2) is 0 Å². The Morgan fingerprint density at radius 3 is 2.31 bits per heavy atom. The summed E-state index contributed by atoms with van der Waals surface area (Å²) < 4.78 is 0. The van der Waals surface area contributed by atoms with Gasteiger partial charge >= 0.3 is 0 Å². The average molecular weight is 230 g/mol. The van der Waals surface area contributed by atoms with Gasteiger partial charge in [0.2, 0.25) is 0 Å². The molecule has 1 aliphatic carbocycles. The van der Waals surface area contributed by atoms with Crippen molar-refractivity contribution in [3.63, 3.8) is 0 Å². The molecule has 0 bridgehead atoms. The van der Waals surface area contributed by atoms with Crippen molar-refractivity contribution in [1.29, 1.82) is 0 Å². The van der Waals surface area contributed by atoms with Crippen molar-refractivity contribution in [2.75, 3.05) is 0 Å². The number of rotatable bonds is 2. The Labute approximate surface area is 99.7 Å². The number of hydrogen-bond acceptors (Lipinski definition) is 1. The van der Waals surface area contributed by atoms with Gasteiger partial charge in [-0.1, -0.05) is 60.2 Å². The minimum atomic E-state index is 0.0138. The highest BCUT2D eigenvalue weighted by molar-refractivity contribution is 6.30. The van der Waals surface area contributed by atoms with Crippen LogP contribution in [-0.2, 0) is 0 Å². The van der Waals surface area contributed by atoms with E-state index in [-0.39, 0.29) is 5.76 Å². The van der Waals surface area contributed by atoms with Crippen molar-refractivity contribution >= 4 is 17.7 Å². The standard InChI is InChI=1S/C14H11ClO/c15-13-8-5-11(6-9-13)7-10-14(16)12-3-1-2-4-12/h1-10,16H/p-1. The van der Waals surface area contributed by atoms with Crippen LogP contribution < -0.4 is 5.11 Å². The van der Waals surface area contributed by atoms with Gasteiger partial charge in [0.05, 0.1) is 0 Å². The molecule has 0 spiro atoms. The third-order valence-corrected chi connectivity index (χ3v) is 2.50. The van der Waals surface area contributed by atoms with Gasteiger partial charge in [-0.25, -0.2) is 0 Å². The van der Waals surface area contributed by atoms with E-state index in [4.69, 9.17) is 11.6 Å². The number of hydrogen-bond donors (Lipinski definition) is 0. The Hall–Kier alpha value is -1.73. The largest absolute Gasteiger partial charge is 0.872 e. The highest BCUT2D eigenvalue weighted by Gasteiger charge is 1.91. The van der Waals surface area contributed by atoms with Crippen LogP contribution in [0.5, 0.6) is 0 Å². The first-order valence-electron chi connectivity index (χ1n) is 4.95. The van der Waals surface area contributed by atoms with E-state index in [1.807, 2.05) is 24.3 Å². The second-order valence-electron chi connectivity index (χ2n) is 3.42. The maximum absolute atomic E-state index is 11.6. The molecule has 0 saturated carbocycles. The summed E-state index contributed by atoms with van der Waals surface area (Å²) in [5.74, 6) is 0.0138. The lowest BCUT2D eigenvalue weighted by Gasteiger charge is -2.08. The zero-order valence-electron chi connectivity index (χ0n) is 8.56. The molecule has 2 rings (SSSR count). The van der Waals surface area contributed by atoms with E-state index in [9.17, 15) is 5.11 Å². The van der Waals surface area contributed by atoms with E-state index in [2.05, 4.69) is 0 Å². The van der Waals surface area contributed by atoms with E-state index >= 15 is 0 Å². The summed E-state index contributed by atoms with van der Waals surface area (Å²) >= 11 is 5.76. The van der Waals surface area contributed by atoms with E-state index in [0.29, 0.717) is 10.6 Å². The van der Waals surface area contributed by atoms with E-state index in [1.165, 1.54) is 0 Å². The van der Waals surface area contributed by atoms with Crippen LogP contribution in [0.4, 0.5) is 0 Å². The van der Waals surface area contributed by atoms with Gasteiger partial charge in [0.25, 0.3) is 0 Å². The van der Waals surface area contributed by atoms with Gasteiger partial charge < -0.3 is 5.11 Å². The molecule has 80 valence electrons. The first-order valence-corrected chi connectivity index (χ1v) is 5.33. The first-order chi connectivity index (χ1) is 7.75. The van der Waals surface area contributed by atoms with Crippen LogP contribution in [0.1, 0.15) is 5.56 Å². The summed E-state index contributed by atoms with van der Waals surface area (Å²) in [6, 6.07) is 7.34. The normalized spacial score (nSPS) is 13.9. The second-order valence-corrected chi connectivity index (χ2v) is 3.86. The van der Waals surface area contributed by atoms with E-state index < -0.39 is 0 Å². The summed E-state index contributed by atoms with van der Waals surface area (Å²) in [6.45, 7) is 0. The molecule has 0 unspecified atom stereocenters. The quantitative estimate of drug-likeness (QED) is 0.715. The van der Waals surface area contributed by atoms with Crippen LogP contribution in [0.15, 0.2) is 66.0 Å². The number of benzene rings is 1. The molecule has 0 atom stereocenters. The lowest BCUT2D eigenvalue weighted by Crippen LogP contribution is -2.02. The summed E-state index contributed by atoms with van der Waals surface area (Å²) in [5, 5.41) is 12.3. The molecule has 1 nitrogen and oxygen atoms in total. The molecule has 16 heavy (non-hydrogen) atoms. The maximum atomic E-state index is 11.6. The third-order valence-electron chi connectivity index (χ3n) is 2.24. The highest BCUT2D eigenvalue weighted by Crippen LogP contribution is 2.13. The molecule has 0 aliphatic heterocycles. The fourth-order valence-corrected chi connectivity index (χ4v) is 1.51. The Morgan fingerprint density at radius 1 is 1.06 bits per heavy atom. The third kappa shape index (κ3) is 2.65. The van der Waals surface area contributed by atoms with Crippen LogP contribution >= 0.6 is 11.6 Å². The fourth-order valence-electron chi connectivity index (χ4n) is 1.38. The number of halogens is 1. The molecule has 2 heteroatoms. The van der Waals surface area contributed by atoms with Crippen LogP contribution in [0.2, 0.25) is 5.02 Å². The summed E-state index contributed by atoms with van der Waals surface area (Å²) in [5.41, 5.74) is 1.68. The summed E-state index contributed by atoms with van der Waals surface area (Å²) in [4.78, 5) is 0. The van der Waals surface area contributed by atoms with Crippen LogP contribution in [0.3, 0.4) is 0 Å². The van der Waals surface area contributed by atoms with Gasteiger partial charge in [-0.2, -0.15) is 0 Å². The Bertz CT molecular complexity index is 476. The summed E-state index contributed by atoms with van der Waals surface area (Å²) in [7, 11) is 0. The molecule has 0 heterocycles. The highest BCUT2D eigenvalue weighted by atomic mass is 35.5. The predicted molar refractivity (Wildman–Crippen MR) is 65.8 cm³/mol.